The number of likely N-dealkylation sites (N-methyl/N-ethyl adjacent to an activating group) is 1. The summed E-state index contributed by atoms with van der Waals surface area (Å²) in [5.41, 5.74) is 1.10. The van der Waals surface area contributed by atoms with Gasteiger partial charge in [-0.2, -0.15) is 0 Å². The summed E-state index contributed by atoms with van der Waals surface area (Å²) in [6.07, 6.45) is 3.41. The molecular weight excluding hydrogens is 178 g/mol. The van der Waals surface area contributed by atoms with Crippen molar-refractivity contribution in [2.45, 2.75) is 20.4 Å². The van der Waals surface area contributed by atoms with E-state index in [2.05, 4.69) is 29.2 Å². The van der Waals surface area contributed by atoms with Crippen molar-refractivity contribution >= 4 is 0 Å². The molecule has 14 heavy (non-hydrogen) atoms. The summed E-state index contributed by atoms with van der Waals surface area (Å²) in [5, 5.41) is 6.99. The molecule has 0 amide bonds. The maximum atomic E-state index is 4.73. The van der Waals surface area contributed by atoms with Crippen LogP contribution in [0.15, 0.2) is 17.0 Å². The normalized spacial score (nSPS) is 11.1. The predicted molar refractivity (Wildman–Crippen MR) is 56.0 cm³/mol. The highest BCUT2D eigenvalue weighted by molar-refractivity contribution is 4.98. The van der Waals surface area contributed by atoms with E-state index >= 15 is 0 Å². The molecule has 0 radical (unpaired) electrons. The molecule has 0 aliphatic carbocycles. The van der Waals surface area contributed by atoms with Gasteiger partial charge in [-0.1, -0.05) is 19.0 Å². The Morgan fingerprint density at radius 2 is 2.21 bits per heavy atom. The molecule has 4 heteroatoms. The maximum absolute atomic E-state index is 4.73. The van der Waals surface area contributed by atoms with Crippen molar-refractivity contribution < 1.29 is 4.52 Å². The van der Waals surface area contributed by atoms with Gasteiger partial charge in [0.1, 0.15) is 6.26 Å². The first kappa shape index (κ1) is 11.2. The van der Waals surface area contributed by atoms with E-state index in [-0.39, 0.29) is 0 Å². The summed E-state index contributed by atoms with van der Waals surface area (Å²) in [7, 11) is 0. The van der Waals surface area contributed by atoms with Crippen LogP contribution < -0.4 is 5.32 Å². The third kappa shape index (κ3) is 3.89. The van der Waals surface area contributed by atoms with Crippen molar-refractivity contribution in [3.05, 3.63) is 18.0 Å². The fourth-order valence-electron chi connectivity index (χ4n) is 1.32. The topological polar surface area (TPSA) is 41.3 Å². The van der Waals surface area contributed by atoms with Crippen molar-refractivity contribution in [2.24, 2.45) is 0 Å². The van der Waals surface area contributed by atoms with Crippen molar-refractivity contribution in [1.29, 1.82) is 0 Å². The van der Waals surface area contributed by atoms with Crippen LogP contribution in [0, 0.1) is 0 Å². The van der Waals surface area contributed by atoms with Crippen LogP contribution in [0.5, 0.6) is 0 Å². The standard InChI is InChI=1S/C10H19N3O/c1-3-13(4-2)6-5-11-7-10-8-12-14-9-10/h8-9,11H,3-7H2,1-2H3. The van der Waals surface area contributed by atoms with Crippen LogP contribution in [-0.2, 0) is 6.54 Å². The van der Waals surface area contributed by atoms with E-state index in [1.807, 2.05) is 0 Å². The highest BCUT2D eigenvalue weighted by Gasteiger charge is 1.98. The third-order valence-electron chi connectivity index (χ3n) is 2.31. The molecule has 0 fully saturated rings. The van der Waals surface area contributed by atoms with Gasteiger partial charge in [0, 0.05) is 25.2 Å². The average molecular weight is 197 g/mol. The molecular formula is C10H19N3O. The molecule has 0 saturated heterocycles. The second-order valence-corrected chi connectivity index (χ2v) is 3.24. The Labute approximate surface area is 85.3 Å². The van der Waals surface area contributed by atoms with Gasteiger partial charge in [0.25, 0.3) is 0 Å². The Morgan fingerprint density at radius 1 is 1.43 bits per heavy atom. The first-order valence-corrected chi connectivity index (χ1v) is 5.18. The maximum Gasteiger partial charge on any atom is 0.128 e. The summed E-state index contributed by atoms with van der Waals surface area (Å²) in [6.45, 7) is 9.54. The molecule has 0 spiro atoms. The van der Waals surface area contributed by atoms with Crippen LogP contribution in [-0.4, -0.2) is 36.2 Å². The average Bonchev–Trinajstić information content (AvgIpc) is 2.71. The number of nitrogens with zero attached hydrogens (tertiary/aromatic N) is 2. The van der Waals surface area contributed by atoms with Gasteiger partial charge in [0.15, 0.2) is 0 Å². The third-order valence-corrected chi connectivity index (χ3v) is 2.31. The summed E-state index contributed by atoms with van der Waals surface area (Å²) in [6, 6.07) is 0. The molecule has 4 nitrogen and oxygen atoms in total. The van der Waals surface area contributed by atoms with Gasteiger partial charge >= 0.3 is 0 Å². The lowest BCUT2D eigenvalue weighted by molar-refractivity contribution is 0.302. The molecule has 0 bridgehead atoms. The molecule has 1 aromatic rings. The van der Waals surface area contributed by atoms with E-state index < -0.39 is 0 Å². The first-order valence-electron chi connectivity index (χ1n) is 5.18. The molecule has 0 aliphatic heterocycles. The van der Waals surface area contributed by atoms with Crippen LogP contribution in [0.3, 0.4) is 0 Å². The molecule has 1 heterocycles. The fourth-order valence-corrected chi connectivity index (χ4v) is 1.32. The summed E-state index contributed by atoms with van der Waals surface area (Å²) in [4.78, 5) is 2.39. The van der Waals surface area contributed by atoms with E-state index in [1.54, 1.807) is 12.5 Å². The molecule has 1 aromatic heterocycles. The molecule has 0 unspecified atom stereocenters. The minimum atomic E-state index is 0.838. The molecule has 80 valence electrons. The minimum Gasteiger partial charge on any atom is -0.364 e. The number of hydrogen-bond acceptors (Lipinski definition) is 4. The van der Waals surface area contributed by atoms with Crippen LogP contribution in [0.2, 0.25) is 0 Å². The van der Waals surface area contributed by atoms with Crippen molar-refractivity contribution in [3.8, 4) is 0 Å². The SMILES string of the molecule is CCN(CC)CCNCc1cnoc1. The van der Waals surface area contributed by atoms with E-state index in [4.69, 9.17) is 4.52 Å². The van der Waals surface area contributed by atoms with E-state index in [0.29, 0.717) is 0 Å². The number of rotatable bonds is 7. The molecule has 0 atom stereocenters. The van der Waals surface area contributed by atoms with Crippen LogP contribution in [0.25, 0.3) is 0 Å². The molecule has 1 N–H and O–H groups in total. The minimum absolute atomic E-state index is 0.838. The second kappa shape index (κ2) is 6.56. The van der Waals surface area contributed by atoms with Gasteiger partial charge in [-0.25, -0.2) is 0 Å². The Hall–Kier alpha value is -0.870. The highest BCUT2D eigenvalue weighted by atomic mass is 16.5. The fraction of sp³-hybridized carbons (Fsp3) is 0.700. The zero-order valence-electron chi connectivity index (χ0n) is 8.99. The highest BCUT2D eigenvalue weighted by Crippen LogP contribution is 1.94. The van der Waals surface area contributed by atoms with E-state index in [1.165, 1.54) is 0 Å². The Balaban J connectivity index is 2.04. The van der Waals surface area contributed by atoms with Crippen molar-refractivity contribution in [3.63, 3.8) is 0 Å². The molecule has 0 aromatic carbocycles. The monoisotopic (exact) mass is 197 g/mol. The molecule has 0 saturated carbocycles. The second-order valence-electron chi connectivity index (χ2n) is 3.24. The van der Waals surface area contributed by atoms with Gasteiger partial charge in [-0.15, -0.1) is 0 Å². The predicted octanol–water partition coefficient (Wildman–Crippen LogP) is 1.11. The van der Waals surface area contributed by atoms with Gasteiger partial charge in [0.2, 0.25) is 0 Å². The smallest absolute Gasteiger partial charge is 0.128 e. The quantitative estimate of drug-likeness (QED) is 0.665. The summed E-state index contributed by atoms with van der Waals surface area (Å²) in [5.74, 6) is 0. The van der Waals surface area contributed by atoms with Gasteiger partial charge < -0.3 is 14.7 Å². The summed E-state index contributed by atoms with van der Waals surface area (Å²) < 4.78 is 4.73. The lowest BCUT2D eigenvalue weighted by atomic mass is 10.3. The lowest BCUT2D eigenvalue weighted by Gasteiger charge is -2.17. The number of aromatic nitrogens is 1. The van der Waals surface area contributed by atoms with Crippen molar-refractivity contribution in [2.75, 3.05) is 26.2 Å². The van der Waals surface area contributed by atoms with E-state index in [0.717, 1.165) is 38.3 Å². The van der Waals surface area contributed by atoms with Crippen LogP contribution in [0.1, 0.15) is 19.4 Å². The lowest BCUT2D eigenvalue weighted by Crippen LogP contribution is -2.31. The Bertz CT molecular complexity index is 219. The number of hydrogen-bond donors (Lipinski definition) is 1. The zero-order chi connectivity index (χ0) is 10.2. The Morgan fingerprint density at radius 3 is 2.79 bits per heavy atom. The first-order chi connectivity index (χ1) is 6.86. The Kier molecular flexibility index (Phi) is 5.25. The van der Waals surface area contributed by atoms with Crippen molar-refractivity contribution in [1.82, 2.24) is 15.4 Å². The number of nitrogens with one attached hydrogen (secondary N) is 1. The molecule has 0 aliphatic rings. The van der Waals surface area contributed by atoms with Crippen LogP contribution >= 0.6 is 0 Å². The molecule has 1 rings (SSSR count). The van der Waals surface area contributed by atoms with Gasteiger partial charge in [-0.05, 0) is 13.1 Å². The van der Waals surface area contributed by atoms with Crippen LogP contribution in [0.4, 0.5) is 0 Å². The van der Waals surface area contributed by atoms with Gasteiger partial charge in [0.05, 0.1) is 6.20 Å². The van der Waals surface area contributed by atoms with E-state index in [9.17, 15) is 0 Å². The van der Waals surface area contributed by atoms with Gasteiger partial charge in [-0.3, -0.25) is 0 Å². The zero-order valence-corrected chi connectivity index (χ0v) is 8.99. The largest absolute Gasteiger partial charge is 0.364 e. The summed E-state index contributed by atoms with van der Waals surface area (Å²) >= 11 is 0.